The van der Waals surface area contributed by atoms with Gasteiger partial charge in [0.05, 0.1) is 12.2 Å². The molecule has 28 heavy (non-hydrogen) atoms. The number of nitrogens with one attached hydrogen (secondary N) is 2. The highest BCUT2D eigenvalue weighted by atomic mass is 32.1. The summed E-state index contributed by atoms with van der Waals surface area (Å²) in [6.07, 6.45) is 0.801. The van der Waals surface area contributed by atoms with Crippen LogP contribution in [0.25, 0.3) is 0 Å². The summed E-state index contributed by atoms with van der Waals surface area (Å²) >= 11 is 5.14. The SMILES string of the molecule is O=C(NC(=S)Nc1cccc(OCCc2ccccc2)c1)c1ccccc1F. The Morgan fingerprint density at radius 2 is 1.71 bits per heavy atom. The summed E-state index contributed by atoms with van der Waals surface area (Å²) in [5.74, 6) is -0.522. The number of anilines is 1. The van der Waals surface area contributed by atoms with Gasteiger partial charge in [0.2, 0.25) is 0 Å². The van der Waals surface area contributed by atoms with E-state index in [-0.39, 0.29) is 10.7 Å². The number of amides is 1. The van der Waals surface area contributed by atoms with Gasteiger partial charge >= 0.3 is 0 Å². The number of carbonyl (C=O) groups excluding carboxylic acids is 1. The number of halogens is 1. The lowest BCUT2D eigenvalue weighted by Gasteiger charge is -2.12. The zero-order chi connectivity index (χ0) is 19.8. The molecule has 0 aliphatic rings. The van der Waals surface area contributed by atoms with Gasteiger partial charge < -0.3 is 10.1 Å². The van der Waals surface area contributed by atoms with Crippen molar-refractivity contribution >= 4 is 28.9 Å². The molecule has 0 aliphatic heterocycles. The smallest absolute Gasteiger partial charge is 0.260 e. The molecule has 0 atom stereocenters. The molecule has 0 saturated heterocycles. The van der Waals surface area contributed by atoms with Crippen molar-refractivity contribution in [1.82, 2.24) is 5.32 Å². The van der Waals surface area contributed by atoms with Crippen LogP contribution in [0.15, 0.2) is 78.9 Å². The van der Waals surface area contributed by atoms with Gasteiger partial charge in [-0.25, -0.2) is 4.39 Å². The van der Waals surface area contributed by atoms with Gasteiger partial charge in [-0.3, -0.25) is 10.1 Å². The molecular formula is C22H19FN2O2S. The van der Waals surface area contributed by atoms with E-state index in [1.807, 2.05) is 30.3 Å². The van der Waals surface area contributed by atoms with Crippen LogP contribution in [0, 0.1) is 5.82 Å². The van der Waals surface area contributed by atoms with Gasteiger partial charge in [-0.05, 0) is 42.0 Å². The number of benzene rings is 3. The Morgan fingerprint density at radius 1 is 0.964 bits per heavy atom. The van der Waals surface area contributed by atoms with Crippen LogP contribution >= 0.6 is 12.2 Å². The van der Waals surface area contributed by atoms with Crippen molar-refractivity contribution in [1.29, 1.82) is 0 Å². The van der Waals surface area contributed by atoms with E-state index in [4.69, 9.17) is 17.0 Å². The average molecular weight is 394 g/mol. The van der Waals surface area contributed by atoms with Crippen molar-refractivity contribution < 1.29 is 13.9 Å². The molecule has 0 aliphatic carbocycles. The molecule has 1 amide bonds. The molecule has 4 nitrogen and oxygen atoms in total. The normalized spacial score (nSPS) is 10.2. The van der Waals surface area contributed by atoms with Crippen molar-refractivity contribution in [2.45, 2.75) is 6.42 Å². The van der Waals surface area contributed by atoms with E-state index in [1.165, 1.54) is 23.8 Å². The fourth-order valence-corrected chi connectivity index (χ4v) is 2.78. The Morgan fingerprint density at radius 3 is 2.50 bits per heavy atom. The molecule has 0 bridgehead atoms. The summed E-state index contributed by atoms with van der Waals surface area (Å²) in [5.41, 5.74) is 1.80. The lowest BCUT2D eigenvalue weighted by atomic mass is 10.2. The Hall–Kier alpha value is -3.25. The highest BCUT2D eigenvalue weighted by molar-refractivity contribution is 7.80. The summed E-state index contributed by atoms with van der Waals surface area (Å²) in [6.45, 7) is 0.544. The topological polar surface area (TPSA) is 50.4 Å². The van der Waals surface area contributed by atoms with Crippen LogP contribution < -0.4 is 15.4 Å². The fourth-order valence-electron chi connectivity index (χ4n) is 2.57. The quantitative estimate of drug-likeness (QED) is 0.601. The van der Waals surface area contributed by atoms with Gasteiger partial charge in [-0.1, -0.05) is 48.5 Å². The number of thiocarbonyl (C=S) groups is 1. The molecule has 0 heterocycles. The molecule has 0 radical (unpaired) electrons. The molecule has 3 aromatic rings. The van der Waals surface area contributed by atoms with Gasteiger partial charge in [0, 0.05) is 18.2 Å². The van der Waals surface area contributed by atoms with Crippen molar-refractivity contribution in [2.75, 3.05) is 11.9 Å². The van der Waals surface area contributed by atoms with Crippen LogP contribution in [0.5, 0.6) is 5.75 Å². The van der Waals surface area contributed by atoms with Crippen LogP contribution in [-0.2, 0) is 6.42 Å². The highest BCUT2D eigenvalue weighted by Crippen LogP contribution is 2.18. The van der Waals surface area contributed by atoms with E-state index in [0.717, 1.165) is 6.42 Å². The van der Waals surface area contributed by atoms with Crippen molar-refractivity contribution in [3.63, 3.8) is 0 Å². The maximum Gasteiger partial charge on any atom is 0.260 e. The van der Waals surface area contributed by atoms with Crippen LogP contribution in [-0.4, -0.2) is 17.6 Å². The number of hydrogen-bond acceptors (Lipinski definition) is 3. The zero-order valence-electron chi connectivity index (χ0n) is 15.0. The van der Waals surface area contributed by atoms with E-state index >= 15 is 0 Å². The van der Waals surface area contributed by atoms with E-state index in [0.29, 0.717) is 18.0 Å². The second-order valence-electron chi connectivity index (χ2n) is 6.00. The molecule has 2 N–H and O–H groups in total. The first kappa shape index (κ1) is 19.5. The molecule has 0 saturated carbocycles. The Labute approximate surface area is 168 Å². The van der Waals surface area contributed by atoms with Crippen molar-refractivity contribution in [3.05, 3.63) is 95.8 Å². The summed E-state index contributed by atoms with van der Waals surface area (Å²) < 4.78 is 19.4. The van der Waals surface area contributed by atoms with Gasteiger partial charge in [-0.15, -0.1) is 0 Å². The highest BCUT2D eigenvalue weighted by Gasteiger charge is 2.12. The Kier molecular flexibility index (Phi) is 6.70. The van der Waals surface area contributed by atoms with E-state index < -0.39 is 11.7 Å². The molecule has 3 rings (SSSR count). The standard InChI is InChI=1S/C22H19FN2O2S/c23-20-12-5-4-11-19(20)21(26)25-22(28)24-17-9-6-10-18(15-17)27-14-13-16-7-2-1-3-8-16/h1-12,15H,13-14H2,(H2,24,25,26,28). The lowest BCUT2D eigenvalue weighted by molar-refractivity contribution is 0.0974. The van der Waals surface area contributed by atoms with Crippen molar-refractivity contribution in [3.8, 4) is 5.75 Å². The van der Waals surface area contributed by atoms with Crippen LogP contribution in [0.4, 0.5) is 10.1 Å². The summed E-state index contributed by atoms with van der Waals surface area (Å²) in [6, 6.07) is 23.1. The minimum atomic E-state index is -0.606. The van der Waals surface area contributed by atoms with Gasteiger partial charge in [0.1, 0.15) is 11.6 Å². The predicted molar refractivity (Wildman–Crippen MR) is 112 cm³/mol. The minimum Gasteiger partial charge on any atom is -0.493 e. The molecule has 0 aromatic heterocycles. The third-order valence-electron chi connectivity index (χ3n) is 3.94. The van der Waals surface area contributed by atoms with E-state index in [1.54, 1.807) is 18.2 Å². The van der Waals surface area contributed by atoms with Crippen LogP contribution in [0.1, 0.15) is 15.9 Å². The Bertz CT molecular complexity index is 964. The van der Waals surface area contributed by atoms with E-state index in [2.05, 4.69) is 22.8 Å². The number of carbonyl (C=O) groups is 1. The number of hydrogen-bond donors (Lipinski definition) is 2. The minimum absolute atomic E-state index is 0.0651. The zero-order valence-corrected chi connectivity index (χ0v) is 15.8. The van der Waals surface area contributed by atoms with Gasteiger partial charge in [0.25, 0.3) is 5.91 Å². The van der Waals surface area contributed by atoms with Crippen molar-refractivity contribution in [2.24, 2.45) is 0 Å². The summed E-state index contributed by atoms with van der Waals surface area (Å²) in [4.78, 5) is 12.1. The number of rotatable bonds is 6. The largest absolute Gasteiger partial charge is 0.493 e. The van der Waals surface area contributed by atoms with Crippen LogP contribution in [0.2, 0.25) is 0 Å². The molecule has 142 valence electrons. The summed E-state index contributed by atoms with van der Waals surface area (Å²) in [5, 5.41) is 5.46. The maximum absolute atomic E-state index is 13.7. The summed E-state index contributed by atoms with van der Waals surface area (Å²) in [7, 11) is 0. The molecule has 0 spiro atoms. The third-order valence-corrected chi connectivity index (χ3v) is 4.14. The van der Waals surface area contributed by atoms with Crippen LogP contribution in [0.3, 0.4) is 0 Å². The number of ether oxygens (including phenoxy) is 1. The molecular weight excluding hydrogens is 375 g/mol. The first-order valence-corrected chi connectivity index (χ1v) is 9.16. The van der Waals surface area contributed by atoms with Gasteiger partial charge in [0.15, 0.2) is 5.11 Å². The maximum atomic E-state index is 13.7. The fraction of sp³-hybridized carbons (Fsp3) is 0.0909. The van der Waals surface area contributed by atoms with Gasteiger partial charge in [-0.2, -0.15) is 0 Å². The molecule has 6 heteroatoms. The molecule has 0 unspecified atom stereocenters. The first-order chi connectivity index (χ1) is 13.6. The monoisotopic (exact) mass is 394 g/mol. The molecule has 3 aromatic carbocycles. The first-order valence-electron chi connectivity index (χ1n) is 8.75. The Balaban J connectivity index is 1.53. The third kappa shape index (κ3) is 5.62. The van der Waals surface area contributed by atoms with E-state index in [9.17, 15) is 9.18 Å². The second-order valence-corrected chi connectivity index (χ2v) is 6.41. The average Bonchev–Trinajstić information content (AvgIpc) is 2.69. The predicted octanol–water partition coefficient (Wildman–Crippen LogP) is 4.57. The second kappa shape index (κ2) is 9.62. The lowest BCUT2D eigenvalue weighted by Crippen LogP contribution is -2.34. The molecule has 0 fully saturated rings.